The molecule has 0 unspecified atom stereocenters. The number of nitrogens with zero attached hydrogens (tertiary/aromatic N) is 1. The fraction of sp³-hybridized carbons (Fsp3) is 0.600. The Balaban J connectivity index is 3.98. The number of hydrogen-bond acceptors (Lipinski definition) is 3. The monoisotopic (exact) mass is 161 g/mol. The topological polar surface area (TPSA) is 81.3 Å². The summed E-state index contributed by atoms with van der Waals surface area (Å²) in [6.45, 7) is 1.88. The van der Waals surface area contributed by atoms with Crippen molar-refractivity contribution < 1.29 is 14.5 Å². The lowest BCUT2D eigenvalue weighted by atomic mass is 10.5. The Morgan fingerprint density at radius 3 is 2.09 bits per heavy atom. The lowest BCUT2D eigenvalue weighted by Gasteiger charge is -2.36. The molecule has 0 atom stereocenters. The van der Waals surface area contributed by atoms with Crippen molar-refractivity contribution in [3.05, 3.63) is 5.21 Å². The van der Waals surface area contributed by atoms with Gasteiger partial charge in [-0.1, -0.05) is 6.92 Å². The number of hydrogen-bond donors (Lipinski definition) is 2. The van der Waals surface area contributed by atoms with Crippen molar-refractivity contribution in [2.45, 2.75) is 13.3 Å². The maximum atomic E-state index is 11.2. The summed E-state index contributed by atoms with van der Waals surface area (Å²) in [6, 6.07) is 0. The molecule has 0 aromatic carbocycles. The molecule has 2 N–H and O–H groups in total. The van der Waals surface area contributed by atoms with E-state index in [2.05, 4.69) is 0 Å². The van der Waals surface area contributed by atoms with Crippen molar-refractivity contribution in [1.29, 1.82) is 0 Å². The maximum absolute atomic E-state index is 11.2. The largest absolute Gasteiger partial charge is 0.581 e. The minimum absolute atomic E-state index is 0.109. The highest BCUT2D eigenvalue weighted by Crippen LogP contribution is 1.92. The highest BCUT2D eigenvalue weighted by molar-refractivity contribution is 5.46. The van der Waals surface area contributed by atoms with Crippen LogP contribution in [0.3, 0.4) is 0 Å². The van der Waals surface area contributed by atoms with Gasteiger partial charge in [-0.3, -0.25) is 9.59 Å². The Labute approximate surface area is 64.3 Å². The molecule has 0 spiro atoms. The van der Waals surface area contributed by atoms with Crippen LogP contribution in [0.2, 0.25) is 0 Å². The van der Waals surface area contributed by atoms with E-state index in [0.717, 1.165) is 0 Å². The van der Waals surface area contributed by atoms with Crippen molar-refractivity contribution in [1.82, 2.24) is 10.9 Å². The molecule has 0 rings (SSSR count). The quantitative estimate of drug-likeness (QED) is 0.299. The molecule has 0 saturated carbocycles. The van der Waals surface area contributed by atoms with E-state index in [9.17, 15) is 14.8 Å². The Bertz CT molecular complexity index is 129. The van der Waals surface area contributed by atoms with Gasteiger partial charge in [0, 0.05) is 0 Å². The zero-order valence-corrected chi connectivity index (χ0v) is 6.24. The first kappa shape index (κ1) is 9.86. The van der Waals surface area contributed by atoms with Gasteiger partial charge in [0.1, 0.15) is 6.54 Å². The smallest absolute Gasteiger partial charge is 0.255 e. The summed E-state index contributed by atoms with van der Waals surface area (Å²) in [4.78, 5) is 18.6. The van der Waals surface area contributed by atoms with Gasteiger partial charge in [-0.2, -0.15) is 15.7 Å². The summed E-state index contributed by atoms with van der Waals surface area (Å²) >= 11 is 0. The highest BCUT2D eigenvalue weighted by Gasteiger charge is 2.12. The summed E-state index contributed by atoms with van der Waals surface area (Å²) < 4.78 is 0. The van der Waals surface area contributed by atoms with Crippen molar-refractivity contribution in [2.24, 2.45) is 0 Å². The minimum Gasteiger partial charge on any atom is -0.581 e. The molecule has 0 saturated heterocycles. The van der Waals surface area contributed by atoms with Gasteiger partial charge in [0.25, 0.3) is 12.8 Å². The zero-order chi connectivity index (χ0) is 8.74. The van der Waals surface area contributed by atoms with Crippen LogP contribution in [0.25, 0.3) is 0 Å². The van der Waals surface area contributed by atoms with Gasteiger partial charge in [0.2, 0.25) is 0 Å². The van der Waals surface area contributed by atoms with Gasteiger partial charge in [0.15, 0.2) is 0 Å². The van der Waals surface area contributed by atoms with Gasteiger partial charge in [-0.25, -0.2) is 0 Å². The molecule has 6 heteroatoms. The van der Waals surface area contributed by atoms with Crippen molar-refractivity contribution >= 4 is 12.8 Å². The Hall–Kier alpha value is -1.14. The molecule has 0 aliphatic rings. The average molecular weight is 161 g/mol. The first-order valence-electron chi connectivity index (χ1n) is 3.20. The molecule has 2 amide bonds. The summed E-state index contributed by atoms with van der Waals surface area (Å²) in [6.07, 6.45) is 1.06. The van der Waals surface area contributed by atoms with Gasteiger partial charge in [0.05, 0.1) is 0 Å². The number of nitrogens with one attached hydrogen (secondary N) is 2. The van der Waals surface area contributed by atoms with E-state index < -0.39 is 4.86 Å². The fourth-order valence-electron chi connectivity index (χ4n) is 0.652. The van der Waals surface area contributed by atoms with Crippen LogP contribution in [0.1, 0.15) is 13.3 Å². The Kier molecular flexibility index (Phi) is 4.16. The lowest BCUT2D eigenvalue weighted by Crippen LogP contribution is -2.61. The van der Waals surface area contributed by atoms with E-state index in [1.165, 1.54) is 0 Å². The molecule has 0 aliphatic heterocycles. The molecular weight excluding hydrogens is 150 g/mol. The van der Waals surface area contributed by atoms with E-state index in [1.807, 2.05) is 10.9 Å². The van der Waals surface area contributed by atoms with Crippen LogP contribution in [0.15, 0.2) is 0 Å². The highest BCUT2D eigenvalue weighted by atomic mass is 16.6. The zero-order valence-electron chi connectivity index (χ0n) is 6.24. The molecule has 0 heterocycles. The third kappa shape index (κ3) is 3.54. The molecule has 0 bridgehead atoms. The number of hydroxylamine groups is 1. The number of carbonyl (C=O) groups is 2. The van der Waals surface area contributed by atoms with Crippen LogP contribution in [0.4, 0.5) is 0 Å². The number of amides is 2. The minimum atomic E-state index is -1.20. The predicted octanol–water partition coefficient (Wildman–Crippen LogP) is -0.967. The van der Waals surface area contributed by atoms with Crippen LogP contribution in [0, 0.1) is 5.21 Å². The second kappa shape index (κ2) is 4.64. The average Bonchev–Trinajstić information content (AvgIpc) is 1.88. The van der Waals surface area contributed by atoms with Crippen molar-refractivity contribution in [3.63, 3.8) is 0 Å². The predicted molar refractivity (Wildman–Crippen MR) is 37.2 cm³/mol. The molecular formula is C5H11N3O3. The number of carbonyl (C=O) groups excluding carboxylic acids is 2. The third-order valence-electron chi connectivity index (χ3n) is 1.06. The Morgan fingerprint density at radius 1 is 1.36 bits per heavy atom. The summed E-state index contributed by atoms with van der Waals surface area (Å²) in [5, 5.41) is 11.2. The van der Waals surface area contributed by atoms with Gasteiger partial charge in [-0.05, 0) is 6.42 Å². The van der Waals surface area contributed by atoms with E-state index in [-0.39, 0.29) is 19.4 Å². The molecule has 0 radical (unpaired) electrons. The summed E-state index contributed by atoms with van der Waals surface area (Å²) in [5.74, 6) is 0. The molecule has 64 valence electrons. The van der Waals surface area contributed by atoms with Crippen molar-refractivity contribution in [3.8, 4) is 0 Å². The van der Waals surface area contributed by atoms with E-state index in [1.54, 1.807) is 6.92 Å². The Morgan fingerprint density at radius 2 is 1.82 bits per heavy atom. The second-order valence-electron chi connectivity index (χ2n) is 1.96. The molecule has 0 aromatic rings. The van der Waals surface area contributed by atoms with Crippen LogP contribution in [-0.2, 0) is 9.59 Å². The molecule has 6 nitrogen and oxygen atoms in total. The molecule has 11 heavy (non-hydrogen) atoms. The van der Waals surface area contributed by atoms with E-state index in [0.29, 0.717) is 6.42 Å². The normalized spacial score (nSPS) is 10.4. The van der Waals surface area contributed by atoms with Crippen LogP contribution < -0.4 is 10.9 Å². The van der Waals surface area contributed by atoms with E-state index >= 15 is 0 Å². The maximum Gasteiger partial charge on any atom is 0.255 e. The lowest BCUT2D eigenvalue weighted by molar-refractivity contribution is -0.947. The first-order valence-corrected chi connectivity index (χ1v) is 3.20. The van der Waals surface area contributed by atoms with Crippen LogP contribution >= 0.6 is 0 Å². The molecule has 0 aromatic heterocycles. The van der Waals surface area contributed by atoms with Gasteiger partial charge >= 0.3 is 0 Å². The van der Waals surface area contributed by atoms with Crippen LogP contribution in [0.5, 0.6) is 0 Å². The van der Waals surface area contributed by atoms with Crippen molar-refractivity contribution in [2.75, 3.05) is 6.54 Å². The number of rotatable bonds is 6. The van der Waals surface area contributed by atoms with Gasteiger partial charge in [-0.15, -0.1) is 0 Å². The third-order valence-corrected chi connectivity index (χ3v) is 1.06. The molecule has 0 aliphatic carbocycles. The fourth-order valence-corrected chi connectivity index (χ4v) is 0.652. The van der Waals surface area contributed by atoms with E-state index in [4.69, 9.17) is 0 Å². The SMILES string of the molecule is CCC[N+]([O-])(NC=O)NC=O. The first-order chi connectivity index (χ1) is 5.18. The molecule has 0 fully saturated rings. The second-order valence-corrected chi connectivity index (χ2v) is 1.96. The van der Waals surface area contributed by atoms with Crippen LogP contribution in [-0.4, -0.2) is 24.2 Å². The summed E-state index contributed by atoms with van der Waals surface area (Å²) in [5.41, 5.74) is 3.84. The standard InChI is InChI=1S/C5H11N3O3/c1-2-3-8(11,6-4-9)7-5-10/h4-5H,2-3H2,1H3,(H,6,9)(H,7,10). The summed E-state index contributed by atoms with van der Waals surface area (Å²) in [7, 11) is 0. The van der Waals surface area contributed by atoms with Gasteiger partial charge < -0.3 is 5.21 Å². The number of quaternary nitrogens is 1.